The molecule has 27 heavy (non-hydrogen) atoms. The molecular formula is C20H27FN4O2. The summed E-state index contributed by atoms with van der Waals surface area (Å²) in [5.74, 6) is 0.417. The minimum atomic E-state index is -0.249. The number of rotatable bonds is 7. The van der Waals surface area contributed by atoms with Gasteiger partial charge in [-0.25, -0.2) is 9.18 Å². The molecule has 0 radical (unpaired) electrons. The maximum Gasteiger partial charge on any atom is 0.317 e. The molecule has 146 valence electrons. The van der Waals surface area contributed by atoms with Crippen molar-refractivity contribution in [1.29, 1.82) is 0 Å². The van der Waals surface area contributed by atoms with E-state index in [1.165, 1.54) is 12.1 Å². The number of likely N-dealkylation sites (tertiary alicyclic amines) is 1. The van der Waals surface area contributed by atoms with Gasteiger partial charge in [0.25, 0.3) is 0 Å². The zero-order chi connectivity index (χ0) is 19.2. The van der Waals surface area contributed by atoms with Crippen molar-refractivity contribution in [3.63, 3.8) is 0 Å². The molecule has 2 aromatic rings. The largest absolute Gasteiger partial charge is 0.359 e. The Balaban J connectivity index is 1.60. The van der Waals surface area contributed by atoms with Gasteiger partial charge in [0.05, 0.1) is 18.3 Å². The van der Waals surface area contributed by atoms with Crippen molar-refractivity contribution >= 4 is 6.03 Å². The average Bonchev–Trinajstić information content (AvgIpc) is 3.35. The summed E-state index contributed by atoms with van der Waals surface area (Å²) in [5.41, 5.74) is 1.90. The van der Waals surface area contributed by atoms with E-state index in [0.717, 1.165) is 43.6 Å². The van der Waals surface area contributed by atoms with E-state index in [-0.39, 0.29) is 17.9 Å². The lowest BCUT2D eigenvalue weighted by atomic mass is 10.1. The summed E-state index contributed by atoms with van der Waals surface area (Å²) in [4.78, 5) is 16.4. The third kappa shape index (κ3) is 5.07. The third-order valence-electron chi connectivity index (χ3n) is 4.99. The van der Waals surface area contributed by atoms with Crippen LogP contribution in [0.5, 0.6) is 0 Å². The molecule has 1 aliphatic heterocycles. The van der Waals surface area contributed by atoms with E-state index in [4.69, 9.17) is 4.52 Å². The van der Waals surface area contributed by atoms with E-state index in [1.54, 1.807) is 24.1 Å². The van der Waals surface area contributed by atoms with Crippen LogP contribution in [0, 0.1) is 5.82 Å². The van der Waals surface area contributed by atoms with Crippen LogP contribution in [0.1, 0.15) is 42.8 Å². The zero-order valence-corrected chi connectivity index (χ0v) is 15.9. The predicted octanol–water partition coefficient (Wildman–Crippen LogP) is 3.35. The van der Waals surface area contributed by atoms with E-state index in [1.807, 2.05) is 13.0 Å². The number of amides is 2. The molecule has 0 spiro atoms. The summed E-state index contributed by atoms with van der Waals surface area (Å²) in [5, 5.41) is 6.95. The van der Waals surface area contributed by atoms with Crippen molar-refractivity contribution < 1.29 is 13.7 Å². The van der Waals surface area contributed by atoms with Gasteiger partial charge < -0.3 is 14.7 Å². The van der Waals surface area contributed by atoms with Crippen molar-refractivity contribution in [2.45, 2.75) is 38.8 Å². The quantitative estimate of drug-likeness (QED) is 0.807. The highest BCUT2D eigenvalue weighted by molar-refractivity contribution is 5.73. The van der Waals surface area contributed by atoms with Crippen LogP contribution >= 0.6 is 0 Å². The van der Waals surface area contributed by atoms with E-state index >= 15 is 0 Å². The third-order valence-corrected chi connectivity index (χ3v) is 4.99. The number of carbonyl (C=O) groups is 1. The summed E-state index contributed by atoms with van der Waals surface area (Å²) in [7, 11) is 1.73. The molecular weight excluding hydrogens is 347 g/mol. The molecule has 0 bridgehead atoms. The van der Waals surface area contributed by atoms with Crippen LogP contribution in [-0.4, -0.2) is 47.7 Å². The monoisotopic (exact) mass is 374 g/mol. The highest BCUT2D eigenvalue weighted by atomic mass is 19.1. The van der Waals surface area contributed by atoms with Gasteiger partial charge >= 0.3 is 6.03 Å². The fourth-order valence-corrected chi connectivity index (χ4v) is 3.42. The van der Waals surface area contributed by atoms with Gasteiger partial charge in [-0.1, -0.05) is 24.2 Å². The topological polar surface area (TPSA) is 61.6 Å². The molecule has 0 unspecified atom stereocenters. The zero-order valence-electron chi connectivity index (χ0n) is 15.9. The van der Waals surface area contributed by atoms with Crippen LogP contribution < -0.4 is 5.32 Å². The van der Waals surface area contributed by atoms with Crippen LogP contribution in [0.3, 0.4) is 0 Å². The highest BCUT2D eigenvalue weighted by Gasteiger charge is 2.24. The standard InChI is InChI=1S/C20H27FN4O2/c1-3-17-12-18(27-23-17)14-24(2)20(26)22-13-19(25-10-4-5-11-25)15-6-8-16(21)9-7-15/h6-9,12,19H,3-5,10-11,13-14H2,1-2H3,(H,22,26)/t19-/m0/s1. The molecule has 2 heterocycles. The molecule has 1 aliphatic rings. The van der Waals surface area contributed by atoms with Crippen LogP contribution in [0.15, 0.2) is 34.9 Å². The Labute approximate surface area is 159 Å². The first-order valence-electron chi connectivity index (χ1n) is 9.49. The Morgan fingerprint density at radius 3 is 2.67 bits per heavy atom. The molecule has 1 atom stereocenters. The smallest absolute Gasteiger partial charge is 0.317 e. The molecule has 0 aliphatic carbocycles. The number of benzene rings is 1. The van der Waals surface area contributed by atoms with E-state index < -0.39 is 0 Å². The van der Waals surface area contributed by atoms with E-state index in [0.29, 0.717) is 18.8 Å². The number of aromatic nitrogens is 1. The number of hydrogen-bond donors (Lipinski definition) is 1. The predicted molar refractivity (Wildman–Crippen MR) is 101 cm³/mol. The van der Waals surface area contributed by atoms with Crippen molar-refractivity contribution in [3.05, 3.63) is 53.2 Å². The van der Waals surface area contributed by atoms with E-state index in [2.05, 4.69) is 15.4 Å². The summed E-state index contributed by atoms with van der Waals surface area (Å²) in [6, 6.07) is 8.29. The molecule has 3 rings (SSSR count). The number of nitrogens with zero attached hydrogens (tertiary/aromatic N) is 3. The normalized spacial score (nSPS) is 15.7. The first-order chi connectivity index (χ1) is 13.1. The number of urea groups is 1. The first-order valence-corrected chi connectivity index (χ1v) is 9.49. The number of nitrogens with one attached hydrogen (secondary N) is 1. The van der Waals surface area contributed by atoms with E-state index in [9.17, 15) is 9.18 Å². The second-order valence-electron chi connectivity index (χ2n) is 6.99. The summed E-state index contributed by atoms with van der Waals surface area (Å²) in [6.45, 7) is 4.83. The highest BCUT2D eigenvalue weighted by Crippen LogP contribution is 2.25. The van der Waals surface area contributed by atoms with Gasteiger partial charge in [0.15, 0.2) is 5.76 Å². The number of carbonyl (C=O) groups excluding carboxylic acids is 1. The lowest BCUT2D eigenvalue weighted by Crippen LogP contribution is -2.42. The van der Waals surface area contributed by atoms with Gasteiger partial charge in [-0.3, -0.25) is 4.90 Å². The second-order valence-corrected chi connectivity index (χ2v) is 6.99. The maximum atomic E-state index is 13.3. The number of hydrogen-bond acceptors (Lipinski definition) is 4. The number of halogens is 1. The molecule has 7 heteroatoms. The number of aryl methyl sites for hydroxylation is 1. The summed E-state index contributed by atoms with van der Waals surface area (Å²) in [6.07, 6.45) is 3.10. The van der Waals surface area contributed by atoms with Gasteiger partial charge in [-0.15, -0.1) is 0 Å². The molecule has 0 saturated carbocycles. The fourth-order valence-electron chi connectivity index (χ4n) is 3.42. The SMILES string of the molecule is CCc1cc(CN(C)C(=O)NC[C@@H](c2ccc(F)cc2)N2CCCC2)on1. The van der Waals surface area contributed by atoms with Gasteiger partial charge in [0, 0.05) is 19.7 Å². The molecule has 1 fully saturated rings. The van der Waals surface area contributed by atoms with Crippen LogP contribution in [0.2, 0.25) is 0 Å². The van der Waals surface area contributed by atoms with Gasteiger partial charge in [0.1, 0.15) is 5.82 Å². The maximum absolute atomic E-state index is 13.3. The molecule has 1 aromatic heterocycles. The van der Waals surface area contributed by atoms with Crippen LogP contribution in [0.25, 0.3) is 0 Å². The minimum Gasteiger partial charge on any atom is -0.359 e. The lowest BCUT2D eigenvalue weighted by molar-refractivity contribution is 0.190. The van der Waals surface area contributed by atoms with Gasteiger partial charge in [-0.05, 0) is 50.0 Å². The minimum absolute atomic E-state index is 0.0439. The molecule has 1 aromatic carbocycles. The second kappa shape index (κ2) is 8.99. The van der Waals surface area contributed by atoms with Crippen LogP contribution in [-0.2, 0) is 13.0 Å². The Bertz CT molecular complexity index is 741. The average molecular weight is 374 g/mol. The van der Waals surface area contributed by atoms with Crippen molar-refractivity contribution in [2.75, 3.05) is 26.7 Å². The Morgan fingerprint density at radius 2 is 2.04 bits per heavy atom. The van der Waals surface area contributed by atoms with Crippen molar-refractivity contribution in [1.82, 2.24) is 20.3 Å². The van der Waals surface area contributed by atoms with Crippen molar-refractivity contribution in [2.24, 2.45) is 0 Å². The lowest BCUT2D eigenvalue weighted by Gasteiger charge is -2.29. The molecule has 6 nitrogen and oxygen atoms in total. The first kappa shape index (κ1) is 19.4. The fraction of sp³-hybridized carbons (Fsp3) is 0.500. The Hall–Kier alpha value is -2.41. The Morgan fingerprint density at radius 1 is 1.33 bits per heavy atom. The Kier molecular flexibility index (Phi) is 6.45. The summed E-state index contributed by atoms with van der Waals surface area (Å²) < 4.78 is 18.5. The van der Waals surface area contributed by atoms with Crippen molar-refractivity contribution in [3.8, 4) is 0 Å². The van der Waals surface area contributed by atoms with Crippen LogP contribution in [0.4, 0.5) is 9.18 Å². The van der Waals surface area contributed by atoms with Gasteiger partial charge in [-0.2, -0.15) is 0 Å². The summed E-state index contributed by atoms with van der Waals surface area (Å²) >= 11 is 0. The molecule has 1 N–H and O–H groups in total. The van der Waals surface area contributed by atoms with Gasteiger partial charge in [0.2, 0.25) is 0 Å². The molecule has 1 saturated heterocycles. The molecule has 2 amide bonds.